The first-order valence-corrected chi connectivity index (χ1v) is 4.70. The summed E-state index contributed by atoms with van der Waals surface area (Å²) in [4.78, 5) is 0. The summed E-state index contributed by atoms with van der Waals surface area (Å²) < 4.78 is 14.5. The standard InChI is InChI=1S/C10H6ClFN4/c11-8-2-1-7(3-9(8)12)16-10(14)6(4-13)5-15-16/h1-3,5H,14H2. The Labute approximate surface area is 95.7 Å². The third-order valence-corrected chi connectivity index (χ3v) is 2.38. The molecule has 1 heterocycles. The lowest BCUT2D eigenvalue weighted by molar-refractivity contribution is 0.626. The summed E-state index contributed by atoms with van der Waals surface area (Å²) in [5, 5.41) is 12.6. The van der Waals surface area contributed by atoms with E-state index >= 15 is 0 Å². The smallest absolute Gasteiger partial charge is 0.145 e. The largest absolute Gasteiger partial charge is 0.382 e. The molecule has 0 amide bonds. The lowest BCUT2D eigenvalue weighted by Crippen LogP contribution is -2.02. The van der Waals surface area contributed by atoms with Crippen LogP contribution in [0.2, 0.25) is 5.02 Å². The van der Waals surface area contributed by atoms with Crippen molar-refractivity contribution < 1.29 is 4.39 Å². The van der Waals surface area contributed by atoms with E-state index < -0.39 is 5.82 Å². The van der Waals surface area contributed by atoms with Gasteiger partial charge in [0.05, 0.1) is 16.9 Å². The van der Waals surface area contributed by atoms with Gasteiger partial charge in [-0.25, -0.2) is 9.07 Å². The highest BCUT2D eigenvalue weighted by Gasteiger charge is 2.10. The Morgan fingerprint density at radius 1 is 1.50 bits per heavy atom. The number of aromatic nitrogens is 2. The van der Waals surface area contributed by atoms with Gasteiger partial charge in [-0.2, -0.15) is 10.4 Å². The number of hydrogen-bond acceptors (Lipinski definition) is 3. The van der Waals surface area contributed by atoms with Gasteiger partial charge in [0.2, 0.25) is 0 Å². The van der Waals surface area contributed by atoms with Crippen molar-refractivity contribution in [2.75, 3.05) is 5.73 Å². The van der Waals surface area contributed by atoms with E-state index in [0.717, 1.165) is 0 Å². The molecule has 4 nitrogen and oxygen atoms in total. The van der Waals surface area contributed by atoms with E-state index in [1.54, 1.807) is 6.07 Å². The number of rotatable bonds is 1. The molecule has 0 aliphatic rings. The molecule has 2 N–H and O–H groups in total. The van der Waals surface area contributed by atoms with Crippen LogP contribution >= 0.6 is 11.6 Å². The van der Waals surface area contributed by atoms with Gasteiger partial charge < -0.3 is 5.73 Å². The number of nitriles is 1. The number of anilines is 1. The Balaban J connectivity index is 2.55. The summed E-state index contributed by atoms with van der Waals surface area (Å²) in [5.74, 6) is -0.392. The zero-order valence-corrected chi connectivity index (χ0v) is 8.74. The van der Waals surface area contributed by atoms with E-state index in [9.17, 15) is 4.39 Å². The van der Waals surface area contributed by atoms with Crippen LogP contribution in [0.15, 0.2) is 24.4 Å². The maximum absolute atomic E-state index is 13.2. The van der Waals surface area contributed by atoms with E-state index in [-0.39, 0.29) is 16.4 Å². The van der Waals surface area contributed by atoms with Crippen molar-refractivity contribution in [1.82, 2.24) is 9.78 Å². The molecule has 80 valence electrons. The van der Waals surface area contributed by atoms with E-state index in [1.807, 2.05) is 6.07 Å². The molecule has 2 aromatic rings. The van der Waals surface area contributed by atoms with Crippen molar-refractivity contribution in [2.45, 2.75) is 0 Å². The number of nitrogen functional groups attached to an aromatic ring is 1. The summed E-state index contributed by atoms with van der Waals surface area (Å²) >= 11 is 5.55. The van der Waals surface area contributed by atoms with Gasteiger partial charge in [-0.3, -0.25) is 0 Å². The Hall–Kier alpha value is -2.06. The van der Waals surface area contributed by atoms with Crippen molar-refractivity contribution in [1.29, 1.82) is 5.26 Å². The Morgan fingerprint density at radius 2 is 2.25 bits per heavy atom. The normalized spacial score (nSPS) is 10.1. The lowest BCUT2D eigenvalue weighted by atomic mass is 10.3. The highest BCUT2D eigenvalue weighted by molar-refractivity contribution is 6.30. The minimum Gasteiger partial charge on any atom is -0.382 e. The molecule has 2 rings (SSSR count). The number of benzene rings is 1. The Morgan fingerprint density at radius 3 is 2.81 bits per heavy atom. The molecule has 16 heavy (non-hydrogen) atoms. The summed E-state index contributed by atoms with van der Waals surface area (Å²) in [5.41, 5.74) is 6.32. The van der Waals surface area contributed by atoms with Gasteiger partial charge in [-0.1, -0.05) is 11.6 Å². The molecule has 0 spiro atoms. The zero-order valence-electron chi connectivity index (χ0n) is 7.98. The summed E-state index contributed by atoms with van der Waals surface area (Å²) in [6, 6.07) is 6.05. The molecular weight excluding hydrogens is 231 g/mol. The fourth-order valence-corrected chi connectivity index (χ4v) is 1.38. The number of nitrogens with zero attached hydrogens (tertiary/aromatic N) is 3. The fraction of sp³-hybridized carbons (Fsp3) is 0. The maximum Gasteiger partial charge on any atom is 0.145 e. The number of hydrogen-bond donors (Lipinski definition) is 1. The van der Waals surface area contributed by atoms with Crippen LogP contribution in [0.1, 0.15) is 5.56 Å². The number of halogens is 2. The van der Waals surface area contributed by atoms with E-state index in [4.69, 9.17) is 22.6 Å². The topological polar surface area (TPSA) is 67.6 Å². The van der Waals surface area contributed by atoms with Gasteiger partial charge in [0.25, 0.3) is 0 Å². The number of nitrogens with two attached hydrogens (primary N) is 1. The minimum absolute atomic E-state index is 0.0231. The van der Waals surface area contributed by atoms with Crippen LogP contribution in [0.5, 0.6) is 0 Å². The first kappa shape index (κ1) is 10.5. The van der Waals surface area contributed by atoms with Crippen LogP contribution in [-0.2, 0) is 0 Å². The van der Waals surface area contributed by atoms with Crippen molar-refractivity contribution in [3.63, 3.8) is 0 Å². The van der Waals surface area contributed by atoms with Crippen LogP contribution in [-0.4, -0.2) is 9.78 Å². The summed E-state index contributed by atoms with van der Waals surface area (Å²) in [7, 11) is 0. The molecule has 0 atom stereocenters. The third kappa shape index (κ3) is 1.59. The van der Waals surface area contributed by atoms with Crippen LogP contribution in [0.4, 0.5) is 10.2 Å². The second-order valence-electron chi connectivity index (χ2n) is 3.07. The third-order valence-electron chi connectivity index (χ3n) is 2.07. The van der Waals surface area contributed by atoms with E-state index in [2.05, 4.69) is 5.10 Å². The molecule has 6 heteroatoms. The van der Waals surface area contributed by atoms with Gasteiger partial charge in [0.15, 0.2) is 0 Å². The van der Waals surface area contributed by atoms with Gasteiger partial charge >= 0.3 is 0 Å². The average molecular weight is 237 g/mol. The molecule has 0 bridgehead atoms. The molecule has 0 aliphatic carbocycles. The molecule has 0 saturated carbocycles. The average Bonchev–Trinajstić information content (AvgIpc) is 2.64. The van der Waals surface area contributed by atoms with Gasteiger partial charge in [0.1, 0.15) is 23.3 Å². The maximum atomic E-state index is 13.2. The van der Waals surface area contributed by atoms with E-state index in [0.29, 0.717) is 5.69 Å². The van der Waals surface area contributed by atoms with Gasteiger partial charge in [-0.15, -0.1) is 0 Å². The van der Waals surface area contributed by atoms with Crippen molar-refractivity contribution in [2.24, 2.45) is 0 Å². The molecule has 0 aliphatic heterocycles. The van der Waals surface area contributed by atoms with Gasteiger partial charge in [0, 0.05) is 6.07 Å². The molecular formula is C10H6ClFN4. The second-order valence-corrected chi connectivity index (χ2v) is 3.47. The Bertz CT molecular complexity index is 585. The first-order valence-electron chi connectivity index (χ1n) is 4.32. The Kier molecular flexibility index (Phi) is 2.50. The van der Waals surface area contributed by atoms with E-state index in [1.165, 1.54) is 23.0 Å². The van der Waals surface area contributed by atoms with Crippen LogP contribution in [0, 0.1) is 17.1 Å². The van der Waals surface area contributed by atoms with Crippen molar-refractivity contribution in [3.8, 4) is 11.8 Å². The molecule has 0 unspecified atom stereocenters. The van der Waals surface area contributed by atoms with Crippen molar-refractivity contribution in [3.05, 3.63) is 40.8 Å². The van der Waals surface area contributed by atoms with Crippen LogP contribution < -0.4 is 5.73 Å². The second kappa shape index (κ2) is 3.83. The zero-order chi connectivity index (χ0) is 11.7. The van der Waals surface area contributed by atoms with Crippen molar-refractivity contribution >= 4 is 17.4 Å². The van der Waals surface area contributed by atoms with Crippen LogP contribution in [0.25, 0.3) is 5.69 Å². The quantitative estimate of drug-likeness (QED) is 0.825. The van der Waals surface area contributed by atoms with Crippen LogP contribution in [0.3, 0.4) is 0 Å². The lowest BCUT2D eigenvalue weighted by Gasteiger charge is -2.04. The predicted molar refractivity (Wildman–Crippen MR) is 57.7 cm³/mol. The molecule has 1 aromatic heterocycles. The minimum atomic E-state index is -0.562. The SMILES string of the molecule is N#Cc1cnn(-c2ccc(Cl)c(F)c2)c1N. The monoisotopic (exact) mass is 236 g/mol. The summed E-state index contributed by atoms with van der Waals surface area (Å²) in [6.45, 7) is 0. The summed E-state index contributed by atoms with van der Waals surface area (Å²) in [6.07, 6.45) is 1.32. The first-order chi connectivity index (χ1) is 7.63. The fourth-order valence-electron chi connectivity index (χ4n) is 1.27. The highest BCUT2D eigenvalue weighted by atomic mass is 35.5. The highest BCUT2D eigenvalue weighted by Crippen LogP contribution is 2.21. The predicted octanol–water partition coefficient (Wildman–Crippen LogP) is 2.12. The molecule has 0 radical (unpaired) electrons. The molecule has 0 fully saturated rings. The van der Waals surface area contributed by atoms with Gasteiger partial charge in [-0.05, 0) is 12.1 Å². The molecule has 0 saturated heterocycles. The molecule has 1 aromatic carbocycles.